The Morgan fingerprint density at radius 1 is 1.26 bits per heavy atom. The van der Waals surface area contributed by atoms with E-state index >= 15 is 0 Å². The van der Waals surface area contributed by atoms with E-state index in [0.29, 0.717) is 19.2 Å². The zero-order valence-corrected chi connectivity index (χ0v) is 11.9. The maximum Gasteiger partial charge on any atom is 0.135 e. The number of hydrogen-bond acceptors (Lipinski definition) is 4. The molecule has 2 rings (SSSR count). The highest BCUT2D eigenvalue weighted by atomic mass is 16.5. The minimum atomic E-state index is 0.415. The minimum Gasteiger partial charge on any atom is -0.497 e. The van der Waals surface area contributed by atoms with Crippen molar-refractivity contribution in [2.45, 2.75) is 33.0 Å². The van der Waals surface area contributed by atoms with Crippen molar-refractivity contribution in [3.8, 4) is 5.75 Å². The smallest absolute Gasteiger partial charge is 0.135 e. The second kappa shape index (κ2) is 6.08. The zero-order valence-electron chi connectivity index (χ0n) is 11.9. The van der Waals surface area contributed by atoms with Gasteiger partial charge in [0.1, 0.15) is 17.1 Å². The predicted molar refractivity (Wildman–Crippen MR) is 75.5 cm³/mol. The summed E-state index contributed by atoms with van der Waals surface area (Å²) in [5.74, 6) is 1.76. The number of benzene rings is 1. The van der Waals surface area contributed by atoms with Gasteiger partial charge in [-0.15, -0.1) is 0 Å². The van der Waals surface area contributed by atoms with Crippen LogP contribution in [0, 0.1) is 0 Å². The first-order chi connectivity index (χ1) is 9.15. The second-order valence-corrected chi connectivity index (χ2v) is 4.83. The van der Waals surface area contributed by atoms with Crippen molar-refractivity contribution in [2.75, 3.05) is 14.2 Å². The van der Waals surface area contributed by atoms with Crippen LogP contribution >= 0.6 is 0 Å². The second-order valence-electron chi connectivity index (χ2n) is 4.83. The molecule has 0 unspecified atom stereocenters. The van der Waals surface area contributed by atoms with Crippen LogP contribution in [0.5, 0.6) is 5.75 Å². The lowest BCUT2D eigenvalue weighted by molar-refractivity contribution is 0.183. The lowest BCUT2D eigenvalue weighted by Gasteiger charge is -2.07. The molecule has 1 aromatic heterocycles. The first-order valence-corrected chi connectivity index (χ1v) is 6.46. The van der Waals surface area contributed by atoms with Crippen molar-refractivity contribution in [3.63, 3.8) is 0 Å². The van der Waals surface area contributed by atoms with Crippen molar-refractivity contribution in [2.24, 2.45) is 0 Å². The number of furan rings is 1. The predicted octanol–water partition coefficient (Wildman–Crippen LogP) is 3.09. The van der Waals surface area contributed by atoms with Crippen LogP contribution in [-0.2, 0) is 17.9 Å². The molecule has 0 fully saturated rings. The van der Waals surface area contributed by atoms with E-state index in [-0.39, 0.29) is 0 Å². The molecule has 0 aliphatic carbocycles. The molecule has 4 nitrogen and oxygen atoms in total. The average molecular weight is 263 g/mol. The normalized spacial score (nSPS) is 11.4. The lowest BCUT2D eigenvalue weighted by atomic mass is 10.1. The van der Waals surface area contributed by atoms with Gasteiger partial charge < -0.3 is 19.2 Å². The van der Waals surface area contributed by atoms with E-state index in [1.165, 1.54) is 0 Å². The molecule has 0 amide bonds. The Morgan fingerprint density at radius 2 is 2.05 bits per heavy atom. The maximum absolute atomic E-state index is 5.90. The number of methoxy groups -OCH3 is 2. The van der Waals surface area contributed by atoms with Crippen LogP contribution in [0.1, 0.15) is 25.2 Å². The van der Waals surface area contributed by atoms with Gasteiger partial charge in [0.25, 0.3) is 0 Å². The molecule has 104 valence electrons. The molecule has 0 bridgehead atoms. The quantitative estimate of drug-likeness (QED) is 0.869. The maximum atomic E-state index is 5.90. The van der Waals surface area contributed by atoms with E-state index in [1.54, 1.807) is 14.2 Å². The molecular weight excluding hydrogens is 242 g/mol. The van der Waals surface area contributed by atoms with Crippen LogP contribution in [0.25, 0.3) is 11.0 Å². The average Bonchev–Trinajstić information content (AvgIpc) is 2.74. The Bertz CT molecular complexity index is 546. The van der Waals surface area contributed by atoms with E-state index in [1.807, 2.05) is 18.2 Å². The number of nitrogens with one attached hydrogen (secondary N) is 1. The summed E-state index contributed by atoms with van der Waals surface area (Å²) < 4.78 is 16.5. The van der Waals surface area contributed by atoms with E-state index in [0.717, 1.165) is 28.0 Å². The van der Waals surface area contributed by atoms with Crippen LogP contribution in [-0.4, -0.2) is 20.3 Å². The fraction of sp³-hybridized carbons (Fsp3) is 0.467. The summed E-state index contributed by atoms with van der Waals surface area (Å²) in [7, 11) is 3.36. The minimum absolute atomic E-state index is 0.415. The van der Waals surface area contributed by atoms with Crippen LogP contribution < -0.4 is 10.1 Å². The van der Waals surface area contributed by atoms with E-state index in [9.17, 15) is 0 Å². The molecule has 0 radical (unpaired) electrons. The zero-order chi connectivity index (χ0) is 13.8. The SMILES string of the molecule is COCc1c(CNC(C)C)oc2ccc(OC)cc12. The molecule has 0 atom stereocenters. The van der Waals surface area contributed by atoms with E-state index in [4.69, 9.17) is 13.9 Å². The number of ether oxygens (including phenoxy) is 2. The third kappa shape index (κ3) is 3.08. The Hall–Kier alpha value is -1.52. The van der Waals surface area contributed by atoms with Gasteiger partial charge in [0.05, 0.1) is 20.3 Å². The van der Waals surface area contributed by atoms with Crippen LogP contribution in [0.3, 0.4) is 0 Å². The molecule has 1 heterocycles. The highest BCUT2D eigenvalue weighted by Gasteiger charge is 2.14. The first-order valence-electron chi connectivity index (χ1n) is 6.46. The lowest BCUT2D eigenvalue weighted by Crippen LogP contribution is -2.22. The van der Waals surface area contributed by atoms with Gasteiger partial charge in [0, 0.05) is 24.1 Å². The molecule has 0 aliphatic rings. The molecule has 4 heteroatoms. The van der Waals surface area contributed by atoms with Crippen molar-refractivity contribution in [1.29, 1.82) is 0 Å². The van der Waals surface area contributed by atoms with Crippen LogP contribution in [0.15, 0.2) is 22.6 Å². The summed E-state index contributed by atoms with van der Waals surface area (Å²) in [6.07, 6.45) is 0. The van der Waals surface area contributed by atoms with Gasteiger partial charge in [-0.2, -0.15) is 0 Å². The fourth-order valence-electron chi connectivity index (χ4n) is 2.05. The Morgan fingerprint density at radius 3 is 2.68 bits per heavy atom. The van der Waals surface area contributed by atoms with Gasteiger partial charge in [-0.3, -0.25) is 0 Å². The van der Waals surface area contributed by atoms with E-state index in [2.05, 4.69) is 19.2 Å². The molecule has 0 spiro atoms. The largest absolute Gasteiger partial charge is 0.497 e. The van der Waals surface area contributed by atoms with Gasteiger partial charge in [0.2, 0.25) is 0 Å². The third-order valence-corrected chi connectivity index (χ3v) is 3.04. The van der Waals surface area contributed by atoms with Crippen LogP contribution in [0.4, 0.5) is 0 Å². The standard InChI is InChI=1S/C15H21NO3/c1-10(2)16-8-15-13(9-17-3)12-7-11(18-4)5-6-14(12)19-15/h5-7,10,16H,8-9H2,1-4H3. The molecule has 0 saturated carbocycles. The Labute approximate surface area is 113 Å². The summed E-state index contributed by atoms with van der Waals surface area (Å²) in [4.78, 5) is 0. The first kappa shape index (κ1) is 13.9. The van der Waals surface area contributed by atoms with Gasteiger partial charge in [-0.1, -0.05) is 13.8 Å². The number of rotatable bonds is 6. The van der Waals surface area contributed by atoms with Crippen molar-refractivity contribution in [3.05, 3.63) is 29.5 Å². The van der Waals surface area contributed by atoms with Crippen molar-refractivity contribution >= 4 is 11.0 Å². The molecule has 0 aliphatic heterocycles. The van der Waals surface area contributed by atoms with E-state index < -0.39 is 0 Å². The molecule has 2 aromatic rings. The number of fused-ring (bicyclic) bond motifs is 1. The van der Waals surface area contributed by atoms with Gasteiger partial charge in [0.15, 0.2) is 0 Å². The Balaban J connectivity index is 2.41. The summed E-state index contributed by atoms with van der Waals surface area (Å²) >= 11 is 0. The van der Waals surface area contributed by atoms with Gasteiger partial charge in [-0.25, -0.2) is 0 Å². The van der Waals surface area contributed by atoms with Gasteiger partial charge in [-0.05, 0) is 18.2 Å². The van der Waals surface area contributed by atoms with Gasteiger partial charge >= 0.3 is 0 Å². The molecule has 1 aromatic carbocycles. The topological polar surface area (TPSA) is 43.6 Å². The summed E-state index contributed by atoms with van der Waals surface area (Å²) in [5, 5.41) is 4.43. The highest BCUT2D eigenvalue weighted by molar-refractivity contribution is 5.83. The Kier molecular flexibility index (Phi) is 4.45. The highest BCUT2D eigenvalue weighted by Crippen LogP contribution is 2.30. The summed E-state index contributed by atoms with van der Waals surface area (Å²) in [6, 6.07) is 6.25. The fourth-order valence-corrected chi connectivity index (χ4v) is 2.05. The molecule has 19 heavy (non-hydrogen) atoms. The molecule has 0 saturated heterocycles. The van der Waals surface area contributed by atoms with Crippen molar-refractivity contribution in [1.82, 2.24) is 5.32 Å². The summed E-state index contributed by atoms with van der Waals surface area (Å²) in [6.45, 7) is 5.46. The third-order valence-electron chi connectivity index (χ3n) is 3.04. The van der Waals surface area contributed by atoms with Crippen molar-refractivity contribution < 1.29 is 13.9 Å². The molecule has 1 N–H and O–H groups in total. The number of hydrogen-bond donors (Lipinski definition) is 1. The molecular formula is C15H21NO3. The summed E-state index contributed by atoms with van der Waals surface area (Å²) in [5.41, 5.74) is 1.96. The monoisotopic (exact) mass is 263 g/mol. The van der Waals surface area contributed by atoms with Crippen LogP contribution in [0.2, 0.25) is 0 Å².